The van der Waals surface area contributed by atoms with E-state index in [1.54, 1.807) is 0 Å². The topological polar surface area (TPSA) is 72.7 Å². The standard InChI is InChI=1S/C22H32N4O2/c1-15(27)17-4-9-25(10-5-17)21-13-22(24-20-14-23-8-3-19(20)21)26-11-6-18(7-12-26)16(2)28/h3,8,13-18,27-28H,4-7,9-12H2,1-2H3/t15-,16+/m1/s1. The molecule has 2 aliphatic rings. The van der Waals surface area contributed by atoms with Crippen LogP contribution in [0.25, 0.3) is 10.9 Å². The van der Waals surface area contributed by atoms with Crippen LogP contribution in [0.5, 0.6) is 0 Å². The van der Waals surface area contributed by atoms with E-state index in [0.717, 1.165) is 68.6 Å². The van der Waals surface area contributed by atoms with E-state index in [2.05, 4.69) is 26.9 Å². The first-order valence-corrected chi connectivity index (χ1v) is 10.6. The van der Waals surface area contributed by atoms with Crippen LogP contribution in [-0.2, 0) is 0 Å². The van der Waals surface area contributed by atoms with Crippen molar-refractivity contribution in [1.29, 1.82) is 0 Å². The van der Waals surface area contributed by atoms with Crippen LogP contribution in [0.15, 0.2) is 24.5 Å². The third kappa shape index (κ3) is 3.94. The second kappa shape index (κ2) is 8.21. The summed E-state index contributed by atoms with van der Waals surface area (Å²) in [6.45, 7) is 7.58. The second-order valence-corrected chi connectivity index (χ2v) is 8.52. The zero-order valence-corrected chi connectivity index (χ0v) is 17.0. The Morgan fingerprint density at radius 1 is 0.929 bits per heavy atom. The summed E-state index contributed by atoms with van der Waals surface area (Å²) in [5.74, 6) is 1.79. The van der Waals surface area contributed by atoms with Gasteiger partial charge in [0, 0.05) is 49.5 Å². The smallest absolute Gasteiger partial charge is 0.131 e. The molecule has 28 heavy (non-hydrogen) atoms. The Balaban J connectivity index is 1.60. The zero-order valence-electron chi connectivity index (χ0n) is 17.0. The molecule has 0 radical (unpaired) electrons. The number of nitrogens with zero attached hydrogens (tertiary/aromatic N) is 4. The van der Waals surface area contributed by atoms with Gasteiger partial charge in [0.1, 0.15) is 5.82 Å². The van der Waals surface area contributed by atoms with Gasteiger partial charge in [-0.15, -0.1) is 0 Å². The van der Waals surface area contributed by atoms with Crippen molar-refractivity contribution < 1.29 is 10.2 Å². The van der Waals surface area contributed by atoms with Gasteiger partial charge in [-0.05, 0) is 57.4 Å². The first-order chi connectivity index (χ1) is 13.5. The predicted molar refractivity (Wildman–Crippen MR) is 113 cm³/mol. The largest absolute Gasteiger partial charge is 0.393 e. The molecule has 2 saturated heterocycles. The maximum Gasteiger partial charge on any atom is 0.131 e. The maximum atomic E-state index is 9.92. The van der Waals surface area contributed by atoms with Gasteiger partial charge in [0.25, 0.3) is 0 Å². The van der Waals surface area contributed by atoms with Crippen LogP contribution in [0.4, 0.5) is 11.5 Å². The van der Waals surface area contributed by atoms with E-state index >= 15 is 0 Å². The van der Waals surface area contributed by atoms with Crippen molar-refractivity contribution in [2.45, 2.75) is 51.7 Å². The van der Waals surface area contributed by atoms with Gasteiger partial charge in [-0.2, -0.15) is 0 Å². The molecule has 2 aliphatic heterocycles. The predicted octanol–water partition coefficient (Wildman–Crippen LogP) is 2.82. The Kier molecular flexibility index (Phi) is 5.69. The molecule has 0 spiro atoms. The van der Waals surface area contributed by atoms with Crippen LogP contribution < -0.4 is 9.80 Å². The molecule has 2 aromatic rings. The zero-order chi connectivity index (χ0) is 19.7. The van der Waals surface area contributed by atoms with E-state index in [1.807, 2.05) is 26.2 Å². The molecule has 0 saturated carbocycles. The number of rotatable bonds is 4. The Hall–Kier alpha value is -1.92. The molecule has 0 amide bonds. The number of hydrogen-bond acceptors (Lipinski definition) is 6. The van der Waals surface area contributed by atoms with Crippen molar-refractivity contribution in [1.82, 2.24) is 9.97 Å². The summed E-state index contributed by atoms with van der Waals surface area (Å²) in [6, 6.07) is 4.29. The molecule has 2 atom stereocenters. The average molecular weight is 385 g/mol. The lowest BCUT2D eigenvalue weighted by Crippen LogP contribution is -2.38. The van der Waals surface area contributed by atoms with Crippen LogP contribution in [0.2, 0.25) is 0 Å². The molecule has 2 fully saturated rings. The van der Waals surface area contributed by atoms with Crippen LogP contribution in [0, 0.1) is 11.8 Å². The normalized spacial score (nSPS) is 21.9. The molecule has 4 heterocycles. The average Bonchev–Trinajstić information content (AvgIpc) is 2.73. The van der Waals surface area contributed by atoms with Crippen molar-refractivity contribution in [3.63, 3.8) is 0 Å². The van der Waals surface area contributed by atoms with Gasteiger partial charge >= 0.3 is 0 Å². The summed E-state index contributed by atoms with van der Waals surface area (Å²) in [6.07, 6.45) is 7.26. The molecule has 0 aliphatic carbocycles. The molecule has 2 aromatic heterocycles. The van der Waals surface area contributed by atoms with E-state index in [-0.39, 0.29) is 12.2 Å². The Morgan fingerprint density at radius 3 is 2.07 bits per heavy atom. The first kappa shape index (κ1) is 19.4. The number of fused-ring (bicyclic) bond motifs is 1. The summed E-state index contributed by atoms with van der Waals surface area (Å²) in [5.41, 5.74) is 2.16. The van der Waals surface area contributed by atoms with Gasteiger partial charge in [-0.25, -0.2) is 4.98 Å². The van der Waals surface area contributed by atoms with Crippen molar-refractivity contribution in [3.8, 4) is 0 Å². The fraction of sp³-hybridized carbons (Fsp3) is 0.636. The van der Waals surface area contributed by atoms with Gasteiger partial charge in [0.05, 0.1) is 23.9 Å². The van der Waals surface area contributed by atoms with Crippen LogP contribution in [0.3, 0.4) is 0 Å². The molecule has 0 bridgehead atoms. The summed E-state index contributed by atoms with van der Waals surface area (Å²) in [7, 11) is 0. The summed E-state index contributed by atoms with van der Waals surface area (Å²) in [5, 5.41) is 20.9. The highest BCUT2D eigenvalue weighted by atomic mass is 16.3. The van der Waals surface area contributed by atoms with E-state index in [4.69, 9.17) is 4.98 Å². The number of pyridine rings is 2. The summed E-state index contributed by atoms with van der Waals surface area (Å²) >= 11 is 0. The Bertz CT molecular complexity index is 794. The first-order valence-electron chi connectivity index (χ1n) is 10.6. The van der Waals surface area contributed by atoms with E-state index in [0.29, 0.717) is 11.8 Å². The number of aliphatic hydroxyl groups excluding tert-OH is 2. The highest BCUT2D eigenvalue weighted by molar-refractivity contribution is 5.93. The summed E-state index contributed by atoms with van der Waals surface area (Å²) in [4.78, 5) is 14.0. The quantitative estimate of drug-likeness (QED) is 0.845. The van der Waals surface area contributed by atoms with Crippen LogP contribution in [0.1, 0.15) is 39.5 Å². The fourth-order valence-electron chi connectivity index (χ4n) is 4.70. The van der Waals surface area contributed by atoms with Crippen molar-refractivity contribution in [2.75, 3.05) is 36.0 Å². The van der Waals surface area contributed by atoms with Gasteiger partial charge in [0.2, 0.25) is 0 Å². The van der Waals surface area contributed by atoms with E-state index in [1.165, 1.54) is 5.69 Å². The molecule has 4 rings (SSSR count). The van der Waals surface area contributed by atoms with Crippen molar-refractivity contribution in [2.24, 2.45) is 11.8 Å². The van der Waals surface area contributed by atoms with E-state index < -0.39 is 0 Å². The highest BCUT2D eigenvalue weighted by Gasteiger charge is 2.27. The third-order valence-corrected chi connectivity index (χ3v) is 6.69. The molecular weight excluding hydrogens is 352 g/mol. The van der Waals surface area contributed by atoms with Gasteiger partial charge in [-0.3, -0.25) is 4.98 Å². The molecule has 2 N–H and O–H groups in total. The third-order valence-electron chi connectivity index (χ3n) is 6.69. The minimum Gasteiger partial charge on any atom is -0.393 e. The van der Waals surface area contributed by atoms with Gasteiger partial charge < -0.3 is 20.0 Å². The minimum absolute atomic E-state index is 0.230. The second-order valence-electron chi connectivity index (χ2n) is 8.52. The molecule has 152 valence electrons. The highest BCUT2D eigenvalue weighted by Crippen LogP contribution is 2.34. The molecule has 6 heteroatoms. The number of anilines is 2. The lowest BCUT2D eigenvalue weighted by molar-refractivity contribution is 0.109. The lowest BCUT2D eigenvalue weighted by Gasteiger charge is -2.37. The lowest BCUT2D eigenvalue weighted by atomic mass is 9.91. The number of aromatic nitrogens is 2. The molecule has 0 aromatic carbocycles. The van der Waals surface area contributed by atoms with Crippen LogP contribution in [-0.4, -0.2) is 58.6 Å². The van der Waals surface area contributed by atoms with E-state index in [9.17, 15) is 10.2 Å². The fourth-order valence-corrected chi connectivity index (χ4v) is 4.70. The van der Waals surface area contributed by atoms with Crippen LogP contribution >= 0.6 is 0 Å². The molecular formula is C22H32N4O2. The number of aliphatic hydroxyl groups is 2. The SMILES string of the molecule is C[C@H](O)C1CCN(c2cc(N3CCC([C@@H](C)O)CC3)c3ccncc3n2)CC1. The maximum absolute atomic E-state index is 9.92. The molecule has 0 unspecified atom stereocenters. The van der Waals surface area contributed by atoms with Gasteiger partial charge in [0.15, 0.2) is 0 Å². The van der Waals surface area contributed by atoms with Gasteiger partial charge in [-0.1, -0.05) is 0 Å². The number of hydrogen-bond donors (Lipinski definition) is 2. The number of piperidine rings is 2. The Labute approximate surface area is 167 Å². The minimum atomic E-state index is -0.235. The van der Waals surface area contributed by atoms with Crippen molar-refractivity contribution in [3.05, 3.63) is 24.5 Å². The summed E-state index contributed by atoms with van der Waals surface area (Å²) < 4.78 is 0. The molecule has 6 nitrogen and oxygen atoms in total. The Morgan fingerprint density at radius 2 is 1.50 bits per heavy atom. The monoisotopic (exact) mass is 384 g/mol. The van der Waals surface area contributed by atoms with Crippen molar-refractivity contribution >= 4 is 22.4 Å².